The zero-order chi connectivity index (χ0) is 17.5. The zero-order valence-corrected chi connectivity index (χ0v) is 13.2. The second-order valence-electron chi connectivity index (χ2n) is 5.39. The molecule has 0 bridgehead atoms. The molecule has 126 valence electrons. The molecular weight excluding hydrogens is 310 g/mol. The predicted molar refractivity (Wildman–Crippen MR) is 90.9 cm³/mol. The number of amides is 1. The molecule has 0 aliphatic rings. The third-order valence-electron chi connectivity index (χ3n) is 3.43. The van der Waals surface area contributed by atoms with E-state index in [0.29, 0.717) is 12.2 Å². The lowest BCUT2D eigenvalue weighted by molar-refractivity contribution is -0.384. The number of nitrogens with zero attached hydrogens (tertiary/aromatic N) is 1. The van der Waals surface area contributed by atoms with Crippen molar-refractivity contribution in [2.75, 3.05) is 11.9 Å². The Hall–Kier alpha value is -2.93. The molecule has 1 amide bonds. The number of aliphatic hydroxyl groups excluding tert-OH is 1. The monoisotopic (exact) mass is 329 g/mol. The first-order valence-corrected chi connectivity index (χ1v) is 7.49. The van der Waals surface area contributed by atoms with Crippen LogP contribution < -0.4 is 10.6 Å². The lowest BCUT2D eigenvalue weighted by Gasteiger charge is -2.12. The van der Waals surface area contributed by atoms with Crippen LogP contribution in [0.15, 0.2) is 48.5 Å². The number of carbonyl (C=O) groups is 1. The molecular formula is C17H19N3O4. The van der Waals surface area contributed by atoms with Crippen LogP contribution in [0.1, 0.15) is 22.8 Å². The number of carbonyl (C=O) groups excluding carboxylic acids is 1. The fraction of sp³-hybridized carbons (Fsp3) is 0.235. The van der Waals surface area contributed by atoms with Crippen LogP contribution >= 0.6 is 0 Å². The van der Waals surface area contributed by atoms with Gasteiger partial charge in [-0.15, -0.1) is 0 Å². The Morgan fingerprint density at radius 2 is 1.96 bits per heavy atom. The van der Waals surface area contributed by atoms with Crippen LogP contribution in [0.25, 0.3) is 0 Å². The first kappa shape index (κ1) is 17.4. The summed E-state index contributed by atoms with van der Waals surface area (Å²) in [7, 11) is 0. The highest BCUT2D eigenvalue weighted by molar-refractivity contribution is 5.95. The minimum Gasteiger partial charge on any atom is -0.394 e. The average Bonchev–Trinajstić information content (AvgIpc) is 2.60. The molecule has 7 nitrogen and oxygen atoms in total. The van der Waals surface area contributed by atoms with Gasteiger partial charge in [-0.1, -0.05) is 30.3 Å². The lowest BCUT2D eigenvalue weighted by Crippen LogP contribution is -2.35. The van der Waals surface area contributed by atoms with Crippen molar-refractivity contribution in [3.05, 3.63) is 69.8 Å². The Morgan fingerprint density at radius 1 is 1.25 bits per heavy atom. The second kappa shape index (κ2) is 8.07. The summed E-state index contributed by atoms with van der Waals surface area (Å²) in [6.07, 6.45) is 0. The van der Waals surface area contributed by atoms with Gasteiger partial charge in [0.1, 0.15) is 5.69 Å². The molecule has 0 fully saturated rings. The predicted octanol–water partition coefficient (Wildman–Crippen LogP) is 2.32. The molecule has 1 atom stereocenters. The molecule has 0 heterocycles. The van der Waals surface area contributed by atoms with Crippen LogP contribution in [0.2, 0.25) is 0 Å². The molecule has 1 unspecified atom stereocenters. The summed E-state index contributed by atoms with van der Waals surface area (Å²) in [6, 6.07) is 13.3. The first-order valence-electron chi connectivity index (χ1n) is 7.49. The van der Waals surface area contributed by atoms with Gasteiger partial charge in [0.05, 0.1) is 11.5 Å². The van der Waals surface area contributed by atoms with Gasteiger partial charge in [-0.2, -0.15) is 0 Å². The van der Waals surface area contributed by atoms with E-state index >= 15 is 0 Å². The Kier molecular flexibility index (Phi) is 5.86. The van der Waals surface area contributed by atoms with E-state index in [4.69, 9.17) is 5.11 Å². The van der Waals surface area contributed by atoms with Gasteiger partial charge in [0.2, 0.25) is 0 Å². The summed E-state index contributed by atoms with van der Waals surface area (Å²) in [6.45, 7) is 1.88. The minimum absolute atomic E-state index is 0.171. The van der Waals surface area contributed by atoms with Crippen molar-refractivity contribution in [3.63, 3.8) is 0 Å². The normalized spacial score (nSPS) is 11.6. The fourth-order valence-corrected chi connectivity index (χ4v) is 2.12. The summed E-state index contributed by atoms with van der Waals surface area (Å²) in [4.78, 5) is 22.8. The number of hydrogen-bond acceptors (Lipinski definition) is 5. The number of nitro groups is 1. The highest BCUT2D eigenvalue weighted by Crippen LogP contribution is 2.26. The fourth-order valence-electron chi connectivity index (χ4n) is 2.12. The molecule has 0 saturated heterocycles. The second-order valence-corrected chi connectivity index (χ2v) is 5.39. The van der Waals surface area contributed by atoms with Crippen molar-refractivity contribution in [1.29, 1.82) is 0 Å². The molecule has 2 rings (SSSR count). The van der Waals surface area contributed by atoms with Crippen LogP contribution in [0.5, 0.6) is 0 Å². The van der Waals surface area contributed by atoms with Gasteiger partial charge in [0.15, 0.2) is 0 Å². The van der Waals surface area contributed by atoms with Gasteiger partial charge >= 0.3 is 0 Å². The van der Waals surface area contributed by atoms with Crippen molar-refractivity contribution in [2.45, 2.75) is 19.5 Å². The smallest absolute Gasteiger partial charge is 0.293 e. The molecule has 0 aliphatic heterocycles. The van der Waals surface area contributed by atoms with Crippen molar-refractivity contribution in [2.24, 2.45) is 0 Å². The van der Waals surface area contributed by atoms with E-state index in [0.717, 1.165) is 5.56 Å². The molecule has 7 heteroatoms. The molecule has 0 saturated carbocycles. The van der Waals surface area contributed by atoms with Crippen LogP contribution in [0, 0.1) is 10.1 Å². The summed E-state index contributed by atoms with van der Waals surface area (Å²) in [5.41, 5.74) is 1.34. The third kappa shape index (κ3) is 4.53. The van der Waals surface area contributed by atoms with Crippen molar-refractivity contribution in [1.82, 2.24) is 5.32 Å². The Morgan fingerprint density at radius 3 is 2.58 bits per heavy atom. The first-order chi connectivity index (χ1) is 11.5. The van der Waals surface area contributed by atoms with Gasteiger partial charge in [-0.3, -0.25) is 14.9 Å². The van der Waals surface area contributed by atoms with E-state index in [2.05, 4.69) is 10.6 Å². The van der Waals surface area contributed by atoms with Crippen molar-refractivity contribution in [3.8, 4) is 0 Å². The minimum atomic E-state index is -0.528. The van der Waals surface area contributed by atoms with Gasteiger partial charge < -0.3 is 15.7 Å². The highest BCUT2D eigenvalue weighted by atomic mass is 16.6. The summed E-state index contributed by atoms with van der Waals surface area (Å²) >= 11 is 0. The maximum absolute atomic E-state index is 12.0. The number of benzene rings is 2. The Balaban J connectivity index is 2.17. The number of anilines is 1. The topological polar surface area (TPSA) is 104 Å². The van der Waals surface area contributed by atoms with Gasteiger partial charge in [0, 0.05) is 24.2 Å². The Bertz CT molecular complexity index is 719. The number of hydrogen-bond donors (Lipinski definition) is 3. The molecule has 0 aliphatic carbocycles. The SMILES string of the molecule is CC(CO)NC(=O)c1ccc(NCc2ccccc2)c([N+](=O)[O-])c1. The van der Waals surface area contributed by atoms with E-state index in [9.17, 15) is 14.9 Å². The number of rotatable bonds is 7. The molecule has 24 heavy (non-hydrogen) atoms. The molecule has 0 radical (unpaired) electrons. The van der Waals surface area contributed by atoms with E-state index in [1.165, 1.54) is 18.2 Å². The lowest BCUT2D eigenvalue weighted by atomic mass is 10.1. The van der Waals surface area contributed by atoms with Crippen molar-refractivity contribution >= 4 is 17.3 Å². The summed E-state index contributed by atoms with van der Waals surface area (Å²) in [5, 5.41) is 25.8. The number of nitro benzene ring substituents is 1. The summed E-state index contributed by atoms with van der Waals surface area (Å²) in [5.74, 6) is -0.464. The standard InChI is InChI=1S/C17H19N3O4/c1-12(11-21)19-17(22)14-7-8-15(16(9-14)20(23)24)18-10-13-5-3-2-4-6-13/h2-9,12,18,21H,10-11H2,1H3,(H,19,22). The van der Waals surface area contributed by atoms with Gasteiger partial charge in [0.25, 0.3) is 11.6 Å². The molecule has 0 spiro atoms. The average molecular weight is 329 g/mol. The number of nitrogens with one attached hydrogen (secondary N) is 2. The van der Waals surface area contributed by atoms with Crippen LogP contribution in [-0.4, -0.2) is 28.6 Å². The molecule has 0 aromatic heterocycles. The van der Waals surface area contributed by atoms with Crippen molar-refractivity contribution < 1.29 is 14.8 Å². The van der Waals surface area contributed by atoms with Crippen LogP contribution in [0.4, 0.5) is 11.4 Å². The third-order valence-corrected chi connectivity index (χ3v) is 3.43. The summed E-state index contributed by atoms with van der Waals surface area (Å²) < 4.78 is 0. The molecule has 3 N–H and O–H groups in total. The highest BCUT2D eigenvalue weighted by Gasteiger charge is 2.18. The maximum Gasteiger partial charge on any atom is 0.293 e. The largest absolute Gasteiger partial charge is 0.394 e. The van der Waals surface area contributed by atoms with Gasteiger partial charge in [-0.05, 0) is 24.6 Å². The molecule has 2 aromatic carbocycles. The van der Waals surface area contributed by atoms with E-state index in [-0.39, 0.29) is 17.9 Å². The quantitative estimate of drug-likeness (QED) is 0.534. The van der Waals surface area contributed by atoms with E-state index in [1.54, 1.807) is 6.92 Å². The maximum atomic E-state index is 12.0. The Labute approximate surface area is 139 Å². The molecule has 2 aromatic rings. The van der Waals surface area contributed by atoms with Crippen LogP contribution in [-0.2, 0) is 6.54 Å². The van der Waals surface area contributed by atoms with Crippen LogP contribution in [0.3, 0.4) is 0 Å². The zero-order valence-electron chi connectivity index (χ0n) is 13.2. The van der Waals surface area contributed by atoms with Gasteiger partial charge in [-0.25, -0.2) is 0 Å². The number of aliphatic hydroxyl groups is 1. The van der Waals surface area contributed by atoms with E-state index < -0.39 is 16.9 Å². The van der Waals surface area contributed by atoms with E-state index in [1.807, 2.05) is 30.3 Å².